The molecule has 1 rings (SSSR count). The molecule has 6 nitrogen and oxygen atoms in total. The van der Waals surface area contributed by atoms with E-state index in [0.29, 0.717) is 6.54 Å². The summed E-state index contributed by atoms with van der Waals surface area (Å²) in [5.41, 5.74) is 1.69. The van der Waals surface area contributed by atoms with Gasteiger partial charge in [0, 0.05) is 31.3 Å². The van der Waals surface area contributed by atoms with Crippen LogP contribution < -0.4 is 10.6 Å². The lowest BCUT2D eigenvalue weighted by Gasteiger charge is -2.20. The van der Waals surface area contributed by atoms with Crippen LogP contribution in [0.5, 0.6) is 0 Å². The molecule has 0 aliphatic heterocycles. The van der Waals surface area contributed by atoms with E-state index in [-0.39, 0.29) is 18.1 Å². The zero-order valence-corrected chi connectivity index (χ0v) is 15.3. The molecule has 0 radical (unpaired) electrons. The number of carboxylic acid groups (broad SMARTS) is 1. The average molecular weight is 358 g/mol. The van der Waals surface area contributed by atoms with Crippen LogP contribution in [0, 0.1) is 5.92 Å². The number of carboxylic acids is 1. The van der Waals surface area contributed by atoms with Gasteiger partial charge in [-0.15, -0.1) is 0 Å². The minimum atomic E-state index is -0.979. The maximum atomic E-state index is 11.7. The Hall–Kier alpha value is -2.86. The van der Waals surface area contributed by atoms with Crippen LogP contribution in [0.15, 0.2) is 66.3 Å². The van der Waals surface area contributed by atoms with Crippen LogP contribution in [-0.4, -0.2) is 36.9 Å². The molecule has 0 spiro atoms. The summed E-state index contributed by atoms with van der Waals surface area (Å²) in [4.78, 5) is 22.3. The van der Waals surface area contributed by atoms with Gasteiger partial charge in [0.15, 0.2) is 0 Å². The fourth-order valence-electron chi connectivity index (χ4n) is 2.38. The van der Waals surface area contributed by atoms with Gasteiger partial charge in [0.05, 0.1) is 6.10 Å². The van der Waals surface area contributed by atoms with Crippen molar-refractivity contribution in [1.82, 2.24) is 5.32 Å². The highest BCUT2D eigenvalue weighted by molar-refractivity contribution is 5.89. The van der Waals surface area contributed by atoms with Gasteiger partial charge in [-0.25, -0.2) is 9.59 Å². The van der Waals surface area contributed by atoms with Gasteiger partial charge in [-0.05, 0) is 24.6 Å². The maximum absolute atomic E-state index is 11.7. The second-order valence-corrected chi connectivity index (χ2v) is 5.75. The molecule has 0 saturated carbocycles. The number of hydrogen-bond acceptors (Lipinski definition) is 3. The number of carbonyl (C=O) groups excluding carboxylic acids is 1. The van der Waals surface area contributed by atoms with Crippen LogP contribution in [0.1, 0.15) is 13.8 Å². The molecule has 1 aromatic rings. The van der Waals surface area contributed by atoms with Crippen LogP contribution in [0.25, 0.3) is 0 Å². The van der Waals surface area contributed by atoms with Crippen molar-refractivity contribution < 1.29 is 19.4 Å². The first-order valence-electron chi connectivity index (χ1n) is 8.31. The first-order valence-corrected chi connectivity index (χ1v) is 8.31. The van der Waals surface area contributed by atoms with Gasteiger partial charge >= 0.3 is 12.0 Å². The molecule has 26 heavy (non-hydrogen) atoms. The Kier molecular flexibility index (Phi) is 9.49. The molecule has 0 unspecified atom stereocenters. The van der Waals surface area contributed by atoms with Crippen molar-refractivity contribution in [2.75, 3.05) is 19.0 Å². The topological polar surface area (TPSA) is 87.7 Å². The Labute approximate surface area is 154 Å². The van der Waals surface area contributed by atoms with Gasteiger partial charge in [-0.1, -0.05) is 49.4 Å². The Morgan fingerprint density at radius 3 is 2.58 bits per heavy atom. The molecule has 0 aliphatic rings. The van der Waals surface area contributed by atoms with Crippen molar-refractivity contribution in [3.63, 3.8) is 0 Å². The molecular weight excluding hydrogens is 332 g/mol. The molecule has 2 amide bonds. The summed E-state index contributed by atoms with van der Waals surface area (Å²) in [7, 11) is 1.59. The quantitative estimate of drug-likeness (QED) is 0.465. The highest BCUT2D eigenvalue weighted by Gasteiger charge is 2.15. The lowest BCUT2D eigenvalue weighted by molar-refractivity contribution is -0.131. The molecular formula is C20H26N2O4. The molecule has 6 heteroatoms. The molecule has 0 bridgehead atoms. The Morgan fingerprint density at radius 2 is 1.96 bits per heavy atom. The highest BCUT2D eigenvalue weighted by atomic mass is 16.5. The lowest BCUT2D eigenvalue weighted by Crippen LogP contribution is -2.28. The van der Waals surface area contributed by atoms with Crippen LogP contribution in [-0.2, 0) is 9.53 Å². The average Bonchev–Trinajstić information content (AvgIpc) is 2.61. The van der Waals surface area contributed by atoms with Crippen molar-refractivity contribution in [1.29, 1.82) is 0 Å². The fraction of sp³-hybridized carbons (Fsp3) is 0.300. The number of nitrogens with one attached hydrogen (secondary N) is 2. The molecule has 140 valence electrons. The van der Waals surface area contributed by atoms with Crippen molar-refractivity contribution in [3.8, 4) is 0 Å². The smallest absolute Gasteiger partial charge is 0.327 e. The van der Waals surface area contributed by atoms with E-state index < -0.39 is 5.97 Å². The normalized spacial score (nSPS) is 14.3. The van der Waals surface area contributed by atoms with E-state index in [4.69, 9.17) is 9.84 Å². The monoisotopic (exact) mass is 358 g/mol. The fourth-order valence-corrected chi connectivity index (χ4v) is 2.38. The lowest BCUT2D eigenvalue weighted by atomic mass is 9.97. The number of ether oxygens (including phenoxy) is 1. The van der Waals surface area contributed by atoms with E-state index in [1.54, 1.807) is 13.2 Å². The standard InChI is InChI=1S/C20H26N2O4/c1-15(19(26-3)16(2)12-13-18(23)24)9-7-8-14-21-20(25)22-17-10-5-4-6-11-17/h4-13,16,19H,14H2,1-3H3,(H,23,24)(H2,21,22,25)/b8-7+,13-12+,15-9+/t16-,19+/m0/s1. The summed E-state index contributed by atoms with van der Waals surface area (Å²) >= 11 is 0. The number of hydrogen-bond donors (Lipinski definition) is 3. The zero-order chi connectivity index (χ0) is 19.4. The van der Waals surface area contributed by atoms with Gasteiger partial charge < -0.3 is 20.5 Å². The summed E-state index contributed by atoms with van der Waals surface area (Å²) in [5.74, 6) is -1.05. The summed E-state index contributed by atoms with van der Waals surface area (Å²) in [5, 5.41) is 14.2. The largest absolute Gasteiger partial charge is 0.478 e. The number of allylic oxidation sites excluding steroid dienone is 2. The second kappa shape index (κ2) is 11.7. The first kappa shape index (κ1) is 21.2. The van der Waals surface area contributed by atoms with E-state index >= 15 is 0 Å². The molecule has 2 atom stereocenters. The van der Waals surface area contributed by atoms with Gasteiger partial charge in [-0.2, -0.15) is 0 Å². The van der Waals surface area contributed by atoms with Crippen molar-refractivity contribution in [3.05, 3.63) is 66.3 Å². The highest BCUT2D eigenvalue weighted by Crippen LogP contribution is 2.17. The van der Waals surface area contributed by atoms with Crippen LogP contribution in [0.4, 0.5) is 10.5 Å². The number of carbonyl (C=O) groups is 2. The maximum Gasteiger partial charge on any atom is 0.327 e. The van der Waals surface area contributed by atoms with Crippen LogP contribution in [0.2, 0.25) is 0 Å². The van der Waals surface area contributed by atoms with Crippen molar-refractivity contribution in [2.45, 2.75) is 20.0 Å². The molecule has 1 aromatic carbocycles. The van der Waals surface area contributed by atoms with Gasteiger partial charge in [0.25, 0.3) is 0 Å². The third kappa shape index (κ3) is 8.30. The Morgan fingerprint density at radius 1 is 1.27 bits per heavy atom. The third-order valence-electron chi connectivity index (χ3n) is 3.63. The second-order valence-electron chi connectivity index (χ2n) is 5.75. The predicted octanol–water partition coefficient (Wildman–Crippen LogP) is 3.60. The number of urea groups is 1. The molecule has 0 fully saturated rings. The summed E-state index contributed by atoms with van der Waals surface area (Å²) in [6, 6.07) is 8.93. The third-order valence-corrected chi connectivity index (χ3v) is 3.63. The first-order chi connectivity index (χ1) is 12.4. The molecule has 0 aromatic heterocycles. The van der Waals surface area contributed by atoms with Crippen molar-refractivity contribution >= 4 is 17.7 Å². The molecule has 0 saturated heterocycles. The zero-order valence-electron chi connectivity index (χ0n) is 15.3. The number of rotatable bonds is 9. The minimum absolute atomic E-state index is 0.0736. The van der Waals surface area contributed by atoms with E-state index in [0.717, 1.165) is 17.3 Å². The van der Waals surface area contributed by atoms with Crippen LogP contribution >= 0.6 is 0 Å². The molecule has 0 heterocycles. The van der Waals surface area contributed by atoms with Gasteiger partial charge in [0.2, 0.25) is 0 Å². The molecule has 3 N–H and O–H groups in total. The van der Waals surface area contributed by atoms with E-state index in [9.17, 15) is 9.59 Å². The number of anilines is 1. The number of methoxy groups -OCH3 is 1. The summed E-state index contributed by atoms with van der Waals surface area (Å²) in [6.45, 7) is 4.19. The van der Waals surface area contributed by atoms with Crippen molar-refractivity contribution in [2.24, 2.45) is 5.92 Å². The van der Waals surface area contributed by atoms with Crippen LogP contribution in [0.3, 0.4) is 0 Å². The van der Waals surface area contributed by atoms with Gasteiger partial charge in [-0.3, -0.25) is 0 Å². The van der Waals surface area contributed by atoms with Gasteiger partial charge in [0.1, 0.15) is 0 Å². The SMILES string of the molecule is CO[C@H](/C(C)=C/C=C/CNC(=O)Nc1ccccc1)[C@@H](C)/C=C/C(=O)O. The predicted molar refractivity (Wildman–Crippen MR) is 103 cm³/mol. The van der Waals surface area contributed by atoms with E-state index in [2.05, 4.69) is 10.6 Å². The summed E-state index contributed by atoms with van der Waals surface area (Å²) in [6.07, 6.45) is 8.04. The van der Waals surface area contributed by atoms with E-state index in [1.165, 1.54) is 0 Å². The van der Waals surface area contributed by atoms with E-state index in [1.807, 2.05) is 62.4 Å². The minimum Gasteiger partial charge on any atom is -0.478 e. The number of para-hydroxylation sites is 1. The summed E-state index contributed by atoms with van der Waals surface area (Å²) < 4.78 is 5.44. The number of aliphatic carboxylic acids is 1. The molecule has 0 aliphatic carbocycles. The Balaban J connectivity index is 2.46. The number of amides is 2. The number of benzene rings is 1. The Bertz CT molecular complexity index is 666.